The van der Waals surface area contributed by atoms with Gasteiger partial charge in [0.25, 0.3) is 0 Å². The van der Waals surface area contributed by atoms with Crippen LogP contribution in [-0.4, -0.2) is 166 Å². The number of alkyl carbamates (subject to hydrolysis) is 1. The molecule has 0 aliphatic carbocycles. The van der Waals surface area contributed by atoms with E-state index in [-0.39, 0.29) is 37.7 Å². The zero-order valence-corrected chi connectivity index (χ0v) is 58.5. The second kappa shape index (κ2) is 37.6. The number of rotatable bonds is 36. The van der Waals surface area contributed by atoms with Crippen LogP contribution < -0.4 is 58.9 Å². The summed E-state index contributed by atoms with van der Waals surface area (Å²) < 4.78 is 17.3. The van der Waals surface area contributed by atoms with Crippen LogP contribution in [0.4, 0.5) is 4.79 Å². The minimum atomic E-state index is -1.77. The fourth-order valence-corrected chi connectivity index (χ4v) is 10.1. The van der Waals surface area contributed by atoms with Crippen molar-refractivity contribution in [3.63, 3.8) is 0 Å². The molecule has 27 heteroatoms. The Kier molecular flexibility index (Phi) is 31.9. The fraction of sp³-hybridized carbons (Fsp3) is 0.580. The molecular formula is C69H106N12O15. The van der Waals surface area contributed by atoms with Crippen LogP contribution in [0.15, 0.2) is 91.0 Å². The summed E-state index contributed by atoms with van der Waals surface area (Å²) >= 11 is 0. The second-order valence-corrected chi connectivity index (χ2v) is 27.6. The summed E-state index contributed by atoms with van der Waals surface area (Å²) in [6.45, 7) is 25.5. The van der Waals surface area contributed by atoms with Gasteiger partial charge in [-0.2, -0.15) is 0 Å². The lowest BCUT2D eigenvalue weighted by Gasteiger charge is -2.37. The van der Waals surface area contributed by atoms with Gasteiger partial charge >= 0.3 is 12.1 Å². The molecule has 3 aromatic carbocycles. The van der Waals surface area contributed by atoms with Gasteiger partial charge in [0.15, 0.2) is 12.0 Å². The predicted octanol–water partition coefficient (Wildman–Crippen LogP) is 3.88. The van der Waals surface area contributed by atoms with E-state index >= 15 is 0 Å². The number of carbonyl (C=O) groups excluding carboxylic acids is 9. The number of hydrogen-bond donors (Lipinski definition) is 14. The van der Waals surface area contributed by atoms with E-state index in [0.29, 0.717) is 23.1 Å². The molecule has 0 bridgehead atoms. The maximum Gasteiger partial charge on any atom is 0.408 e. The molecule has 0 spiro atoms. The molecule has 10 atom stereocenters. The van der Waals surface area contributed by atoms with E-state index in [1.807, 2.05) is 54.6 Å². The lowest BCUT2D eigenvalue weighted by Crippen LogP contribution is -2.62. The standard InChI is InChI=1S/C69H106N12O15/c1-17-42(6)53(78-57(85)47(34-27-35-72-64(70)71)75-58(86)48(36-40(2)3)76-62(90)55(56(84)41(4)5)80-65(93)96-68(14,15)16)61(89)79-54(43(7)95-67(11,12)13)60(88)73-38-52(83)74-49(59(87)77-50(63(91)92)39-94-66(8,9)10)37-51(82)81-69(44-28-21-18-22-29-44,45-30-23-19-24-31-45)46-32-25-20-26-33-46/h18-26,28-33,40-43,47-50,53-56,84H,17,27,34-39H2,1-16H3,(H,73,88)(H,74,83)(H,75,86)(H,76,90)(H,77,87)(H,78,85)(H,79,89)(H,80,93)(H,81,82)(H,91,92)(H4,70,71,72)/t42-,43-,47+,48-,49-,50-,53?,54-,55-,56+/m0/s1. The number of carboxylic acids is 1. The Morgan fingerprint density at radius 1 is 0.542 bits per heavy atom. The molecule has 96 heavy (non-hydrogen) atoms. The van der Waals surface area contributed by atoms with Gasteiger partial charge in [-0.1, -0.05) is 139 Å². The van der Waals surface area contributed by atoms with Crippen LogP contribution in [0.25, 0.3) is 0 Å². The third-order valence-corrected chi connectivity index (χ3v) is 15.0. The molecule has 0 saturated heterocycles. The van der Waals surface area contributed by atoms with Crippen LogP contribution in [0.3, 0.4) is 0 Å². The molecule has 3 rings (SSSR count). The Bertz CT molecular complexity index is 2960. The molecule has 532 valence electrons. The third kappa shape index (κ3) is 27.6. The summed E-state index contributed by atoms with van der Waals surface area (Å²) in [7, 11) is 0. The molecular weight excluding hydrogens is 1240 g/mol. The summed E-state index contributed by atoms with van der Waals surface area (Å²) in [5.74, 6) is -10.5. The lowest BCUT2D eigenvalue weighted by atomic mass is 9.77. The summed E-state index contributed by atoms with van der Waals surface area (Å²) in [5.41, 5.74) is 3.39. The zero-order valence-electron chi connectivity index (χ0n) is 58.5. The molecule has 0 aliphatic rings. The molecule has 0 heterocycles. The summed E-state index contributed by atoms with van der Waals surface area (Å²) in [4.78, 5) is 141. The number of ether oxygens (including phenoxy) is 3. The highest BCUT2D eigenvalue weighted by Crippen LogP contribution is 2.37. The molecule has 15 N–H and O–H groups in total. The normalized spacial score (nSPS) is 15.0. The van der Waals surface area contributed by atoms with Gasteiger partial charge in [0.1, 0.15) is 47.4 Å². The first-order valence-electron chi connectivity index (χ1n) is 32.5. The van der Waals surface area contributed by atoms with Crippen molar-refractivity contribution in [1.29, 1.82) is 5.41 Å². The summed E-state index contributed by atoms with van der Waals surface area (Å²) in [6, 6.07) is 16.5. The maximum atomic E-state index is 14.8. The van der Waals surface area contributed by atoms with Crippen LogP contribution in [0, 0.1) is 23.2 Å². The lowest BCUT2D eigenvalue weighted by molar-refractivity contribution is -0.146. The topological polar surface area (TPSA) is 409 Å². The van der Waals surface area contributed by atoms with Crippen LogP contribution in [0.1, 0.15) is 160 Å². The zero-order chi connectivity index (χ0) is 72.5. The minimum Gasteiger partial charge on any atom is -0.480 e. The number of hydrogen-bond acceptors (Lipinski definition) is 15. The number of amides is 9. The van der Waals surface area contributed by atoms with E-state index in [9.17, 15) is 58.2 Å². The Labute approximate surface area is 564 Å². The fourth-order valence-electron chi connectivity index (χ4n) is 10.1. The number of benzene rings is 3. The predicted molar refractivity (Wildman–Crippen MR) is 362 cm³/mol. The maximum absolute atomic E-state index is 14.8. The highest BCUT2D eigenvalue weighted by molar-refractivity contribution is 5.98. The molecule has 0 radical (unpaired) electrons. The van der Waals surface area contributed by atoms with E-state index in [1.54, 1.807) is 140 Å². The van der Waals surface area contributed by atoms with Crippen molar-refractivity contribution in [3.05, 3.63) is 108 Å². The number of carboxylic acid groups (broad SMARTS) is 1. The van der Waals surface area contributed by atoms with E-state index in [2.05, 4.69) is 53.2 Å². The van der Waals surface area contributed by atoms with Gasteiger partial charge in [0.05, 0.1) is 43.0 Å². The number of guanidine groups is 1. The number of aliphatic hydroxyl groups excluding tert-OH is 1. The largest absolute Gasteiger partial charge is 0.480 e. The highest BCUT2D eigenvalue weighted by atomic mass is 16.6. The van der Waals surface area contributed by atoms with Crippen molar-refractivity contribution in [2.75, 3.05) is 19.7 Å². The molecule has 3 aromatic rings. The van der Waals surface area contributed by atoms with Crippen molar-refractivity contribution in [3.8, 4) is 0 Å². The number of nitrogens with one attached hydrogen (secondary N) is 11. The van der Waals surface area contributed by atoms with Crippen molar-refractivity contribution in [2.24, 2.45) is 23.5 Å². The molecule has 9 amide bonds. The van der Waals surface area contributed by atoms with Crippen molar-refractivity contribution >= 4 is 65.3 Å². The van der Waals surface area contributed by atoms with Gasteiger partial charge in [0, 0.05) is 6.54 Å². The average molecular weight is 1340 g/mol. The minimum absolute atomic E-state index is 0.0285. The monoisotopic (exact) mass is 1340 g/mol. The average Bonchev–Trinajstić information content (AvgIpc) is 0.755. The molecule has 0 saturated carbocycles. The third-order valence-electron chi connectivity index (χ3n) is 15.0. The van der Waals surface area contributed by atoms with Crippen LogP contribution in [0.5, 0.6) is 0 Å². The molecule has 0 aliphatic heterocycles. The Balaban J connectivity index is 2.03. The van der Waals surface area contributed by atoms with Crippen molar-refractivity contribution in [1.82, 2.24) is 53.2 Å². The van der Waals surface area contributed by atoms with E-state index in [0.717, 1.165) is 0 Å². The Morgan fingerprint density at radius 3 is 1.48 bits per heavy atom. The first kappa shape index (κ1) is 81.5. The summed E-state index contributed by atoms with van der Waals surface area (Å²) in [5, 5.41) is 55.4. The van der Waals surface area contributed by atoms with Gasteiger partial charge in [0.2, 0.25) is 47.3 Å². The number of aliphatic carboxylic acids is 1. The van der Waals surface area contributed by atoms with E-state index < -0.39 is 168 Å². The van der Waals surface area contributed by atoms with Crippen LogP contribution in [0.2, 0.25) is 0 Å². The molecule has 0 aromatic heterocycles. The van der Waals surface area contributed by atoms with Gasteiger partial charge in [-0.3, -0.25) is 43.8 Å². The van der Waals surface area contributed by atoms with Crippen molar-refractivity contribution < 1.29 is 72.4 Å². The molecule has 27 nitrogen and oxygen atoms in total. The van der Waals surface area contributed by atoms with Crippen LogP contribution in [-0.2, 0) is 62.9 Å². The van der Waals surface area contributed by atoms with Crippen molar-refractivity contribution in [2.45, 2.75) is 220 Å². The van der Waals surface area contributed by atoms with E-state index in [4.69, 9.17) is 25.4 Å². The molecule has 0 fully saturated rings. The Morgan fingerprint density at radius 2 is 1.02 bits per heavy atom. The number of aliphatic hydroxyl groups is 1. The Hall–Kier alpha value is -8.69. The highest BCUT2D eigenvalue weighted by Gasteiger charge is 2.42. The SMILES string of the molecule is CC[C@H](C)C(NC(=O)[C@@H](CCCNC(=N)N)NC(=O)[C@H](CC(C)C)NC(=O)[C@@H](NC(=O)OC(C)(C)C)[C@H](O)C(C)C)C(=O)N[C@H](C(=O)NCC(=O)N[C@@H](CC(=O)NC(c1ccccc1)(c1ccccc1)c1ccccc1)C(=O)N[C@@H](COC(C)(C)C)C(=O)O)[C@H](C)OC(C)(C)C. The van der Waals surface area contributed by atoms with Gasteiger partial charge in [-0.05, 0) is 123 Å². The quantitative estimate of drug-likeness (QED) is 0.0170. The first-order valence-corrected chi connectivity index (χ1v) is 32.5. The van der Waals surface area contributed by atoms with E-state index in [1.165, 1.54) is 6.92 Å². The summed E-state index contributed by atoms with van der Waals surface area (Å²) in [6.07, 6.45) is -3.94. The number of carbonyl (C=O) groups is 10. The second-order valence-electron chi connectivity index (χ2n) is 27.6. The smallest absolute Gasteiger partial charge is 0.408 e. The van der Waals surface area contributed by atoms with Gasteiger partial charge in [-0.15, -0.1) is 0 Å². The first-order chi connectivity index (χ1) is 44.7. The molecule has 1 unspecified atom stereocenters. The van der Waals surface area contributed by atoms with Gasteiger partial charge in [-0.25, -0.2) is 9.59 Å². The van der Waals surface area contributed by atoms with Gasteiger partial charge < -0.3 is 83.3 Å². The van der Waals surface area contributed by atoms with Crippen LogP contribution >= 0.6 is 0 Å². The number of nitrogens with two attached hydrogens (primary N) is 1.